The zero-order valence-electron chi connectivity index (χ0n) is 8.60. The predicted molar refractivity (Wildman–Crippen MR) is 78.5 cm³/mol. The molecule has 19 heavy (non-hydrogen) atoms. The summed E-state index contributed by atoms with van der Waals surface area (Å²) in [6, 6.07) is 3.73. The molecule has 0 aliphatic carbocycles. The molecule has 0 heterocycles. The predicted octanol–water partition coefficient (Wildman–Crippen LogP) is 5.48. The molecule has 0 aliphatic rings. The van der Waals surface area contributed by atoms with E-state index in [1.807, 2.05) is 0 Å². The van der Waals surface area contributed by atoms with Crippen LogP contribution < -0.4 is 9.47 Å². The monoisotopic (exact) mass is 404 g/mol. The zero-order chi connectivity index (χ0) is 14.8. The number of rotatable bonds is 3. The Bertz CT molecular complexity index is 443. The van der Waals surface area contributed by atoms with E-state index < -0.39 is 13.2 Å². The highest BCUT2D eigenvalue weighted by Gasteiger charge is 2.25. The number of hydrogen-bond donors (Lipinski definition) is 0. The fourth-order valence-electron chi connectivity index (χ4n) is 1.07. The van der Waals surface area contributed by atoms with E-state index in [1.54, 1.807) is 0 Å². The fourth-order valence-corrected chi connectivity index (χ4v) is 1.71. The van der Waals surface area contributed by atoms with Crippen molar-refractivity contribution < 1.29 is 14.3 Å². The average molecular weight is 407 g/mol. The number of ether oxygens (including phenoxy) is 2. The van der Waals surface area contributed by atoms with Crippen LogP contribution in [0.15, 0.2) is 18.2 Å². The summed E-state index contributed by atoms with van der Waals surface area (Å²) in [5.41, 5.74) is 0.0117. The molecule has 1 aromatic rings. The number of carbonyl (C=O) groups is 1. The number of hydrogen-bond acceptors (Lipinski definition) is 3. The molecule has 1 rings (SSSR count). The van der Waals surface area contributed by atoms with Crippen LogP contribution in [0.5, 0.6) is 11.5 Å². The van der Waals surface area contributed by atoms with Crippen molar-refractivity contribution in [1.29, 1.82) is 0 Å². The Hall–Kier alpha value is 0.520. The molecule has 0 saturated carbocycles. The molecule has 0 radical (unpaired) electrons. The third kappa shape index (κ3) is 7.19. The lowest BCUT2D eigenvalue weighted by Gasteiger charge is -2.17. The van der Waals surface area contributed by atoms with Gasteiger partial charge < -0.3 is 9.47 Å². The lowest BCUT2D eigenvalue weighted by molar-refractivity contribution is 0.108. The average Bonchev–Trinajstić information content (AvgIpc) is 2.10. The Morgan fingerprint density at radius 2 is 1.21 bits per heavy atom. The topological polar surface area (TPSA) is 35.5 Å². The van der Waals surface area contributed by atoms with Gasteiger partial charge in [0.05, 0.1) is 0 Å². The van der Waals surface area contributed by atoms with Crippen LogP contribution in [0.4, 0.5) is 0 Å². The molecule has 10 heteroatoms. The van der Waals surface area contributed by atoms with Gasteiger partial charge >= 0.3 is 7.96 Å². The minimum Gasteiger partial charge on any atom is -0.445 e. The maximum Gasteiger partial charge on any atom is 0.338 e. The normalized spacial score (nSPS) is 12.2. The molecule has 0 aromatic heterocycles. The summed E-state index contributed by atoms with van der Waals surface area (Å²) in [6.07, 6.45) is 0. The summed E-state index contributed by atoms with van der Waals surface area (Å²) in [5, 5.41) is -0.788. The molecule has 106 valence electrons. The third-order valence-corrected chi connectivity index (χ3v) is 2.26. The van der Waals surface area contributed by atoms with Crippen LogP contribution in [0.1, 0.15) is 10.4 Å². The standard InChI is InChI=1S/C9H3Cl7O3/c10-7(17)4-1-5(18-8(11,12)13)3-6(2-4)19-9(14,15)16/h1-3H. The Kier molecular flexibility index (Phi) is 6.03. The Labute approximate surface area is 143 Å². The Morgan fingerprint density at radius 1 is 0.842 bits per heavy atom. The Balaban J connectivity index is 3.14. The second-order valence-corrected chi connectivity index (χ2v) is 7.76. The molecule has 0 bridgehead atoms. The maximum absolute atomic E-state index is 11.1. The molecule has 0 N–H and O–H groups in total. The largest absolute Gasteiger partial charge is 0.445 e. The van der Waals surface area contributed by atoms with Crippen molar-refractivity contribution in [1.82, 2.24) is 0 Å². The summed E-state index contributed by atoms with van der Waals surface area (Å²) >= 11 is 38.1. The van der Waals surface area contributed by atoms with Crippen molar-refractivity contribution in [3.05, 3.63) is 23.8 Å². The second kappa shape index (κ2) is 6.52. The van der Waals surface area contributed by atoms with Crippen LogP contribution >= 0.6 is 81.2 Å². The third-order valence-electron chi connectivity index (χ3n) is 1.57. The van der Waals surface area contributed by atoms with Crippen molar-refractivity contribution in [2.75, 3.05) is 0 Å². The smallest absolute Gasteiger partial charge is 0.338 e. The molecule has 0 amide bonds. The number of carbonyl (C=O) groups excluding carboxylic acids is 1. The summed E-state index contributed by atoms with van der Waals surface area (Å²) in [6.45, 7) is 0. The summed E-state index contributed by atoms with van der Waals surface area (Å²) in [7, 11) is 0. The van der Waals surface area contributed by atoms with Crippen LogP contribution in [0.25, 0.3) is 0 Å². The minimum absolute atomic E-state index is 0.00394. The molecule has 0 spiro atoms. The SMILES string of the molecule is O=C(Cl)c1cc(OC(Cl)(Cl)Cl)cc(OC(Cl)(Cl)Cl)c1. The van der Waals surface area contributed by atoms with Crippen LogP contribution in [-0.4, -0.2) is 13.2 Å². The Morgan fingerprint density at radius 3 is 1.47 bits per heavy atom. The first-order valence-corrected chi connectivity index (χ1v) is 6.97. The molecular formula is C9H3Cl7O3. The van der Waals surface area contributed by atoms with E-state index in [2.05, 4.69) is 0 Å². The van der Waals surface area contributed by atoms with Gasteiger partial charge in [-0.05, 0) is 93.3 Å². The van der Waals surface area contributed by atoms with E-state index in [9.17, 15) is 4.79 Å². The van der Waals surface area contributed by atoms with Crippen LogP contribution in [-0.2, 0) is 0 Å². The van der Waals surface area contributed by atoms with E-state index in [1.165, 1.54) is 18.2 Å². The molecular weight excluding hydrogens is 404 g/mol. The summed E-state index contributed by atoms with van der Waals surface area (Å²) in [4.78, 5) is 11.1. The quantitative estimate of drug-likeness (QED) is 0.492. The summed E-state index contributed by atoms with van der Waals surface area (Å²) < 4.78 is 5.77. The first-order valence-electron chi connectivity index (χ1n) is 4.33. The van der Waals surface area contributed by atoms with Crippen molar-refractivity contribution in [2.24, 2.45) is 0 Å². The van der Waals surface area contributed by atoms with E-state index in [0.29, 0.717) is 0 Å². The van der Waals surface area contributed by atoms with Gasteiger partial charge in [0.25, 0.3) is 5.24 Å². The van der Waals surface area contributed by atoms with Gasteiger partial charge in [0, 0.05) is 11.6 Å². The minimum atomic E-state index is -2.04. The first kappa shape index (κ1) is 17.6. The van der Waals surface area contributed by atoms with Gasteiger partial charge in [0.2, 0.25) is 0 Å². The van der Waals surface area contributed by atoms with E-state index in [-0.39, 0.29) is 17.1 Å². The van der Waals surface area contributed by atoms with Gasteiger partial charge in [-0.15, -0.1) is 0 Å². The highest BCUT2D eigenvalue weighted by molar-refractivity contribution is 6.68. The molecule has 0 unspecified atom stereocenters. The molecule has 3 nitrogen and oxygen atoms in total. The fraction of sp³-hybridized carbons (Fsp3) is 0.222. The van der Waals surface area contributed by atoms with Gasteiger partial charge in [0.15, 0.2) is 0 Å². The van der Waals surface area contributed by atoms with Gasteiger partial charge in [0.1, 0.15) is 11.5 Å². The molecule has 0 fully saturated rings. The lowest BCUT2D eigenvalue weighted by atomic mass is 10.2. The van der Waals surface area contributed by atoms with Crippen LogP contribution in [0.2, 0.25) is 0 Å². The van der Waals surface area contributed by atoms with Gasteiger partial charge in [-0.2, -0.15) is 0 Å². The van der Waals surface area contributed by atoms with Crippen LogP contribution in [0.3, 0.4) is 0 Å². The molecule has 0 saturated heterocycles. The molecule has 0 aliphatic heterocycles. The highest BCUT2D eigenvalue weighted by Crippen LogP contribution is 2.36. The van der Waals surface area contributed by atoms with Gasteiger partial charge in [-0.1, -0.05) is 0 Å². The van der Waals surface area contributed by atoms with E-state index >= 15 is 0 Å². The lowest BCUT2D eigenvalue weighted by Crippen LogP contribution is -2.15. The number of halogens is 7. The van der Waals surface area contributed by atoms with Crippen molar-refractivity contribution in [3.63, 3.8) is 0 Å². The maximum atomic E-state index is 11.1. The zero-order valence-corrected chi connectivity index (χ0v) is 13.9. The molecule has 0 atom stereocenters. The van der Waals surface area contributed by atoms with E-state index in [4.69, 9.17) is 90.7 Å². The van der Waals surface area contributed by atoms with Crippen molar-refractivity contribution >= 4 is 86.4 Å². The van der Waals surface area contributed by atoms with Crippen molar-refractivity contribution in [2.45, 2.75) is 7.96 Å². The highest BCUT2D eigenvalue weighted by atomic mass is 35.6. The number of benzene rings is 1. The van der Waals surface area contributed by atoms with Gasteiger partial charge in [-0.25, -0.2) is 0 Å². The van der Waals surface area contributed by atoms with Gasteiger partial charge in [-0.3, -0.25) is 4.79 Å². The second-order valence-electron chi connectivity index (χ2n) is 3.06. The summed E-state index contributed by atoms with van der Waals surface area (Å²) in [5.74, 6) is -0.00787. The van der Waals surface area contributed by atoms with E-state index in [0.717, 1.165) is 0 Å². The molecule has 1 aromatic carbocycles. The first-order chi connectivity index (χ1) is 8.46. The van der Waals surface area contributed by atoms with Crippen molar-refractivity contribution in [3.8, 4) is 11.5 Å². The number of alkyl halides is 6. The van der Waals surface area contributed by atoms with Crippen LogP contribution in [0, 0.1) is 0 Å².